The summed E-state index contributed by atoms with van der Waals surface area (Å²) >= 11 is 0. The molecule has 0 aliphatic carbocycles. The Kier molecular flexibility index (Phi) is 10.2. The van der Waals surface area contributed by atoms with E-state index in [-0.39, 0.29) is 157 Å². The SMILES string of the molecule is [2H]c1c([2H])c([2H])c(-c2c3c([2H])c([2H])c([2H])c([2H])c3c(-c3ccc4oc5cc(-c6cccc(F)c6)ccc5c4c3)c3c([2H])c([2H])c([2H])c([2H])c23)c([2H])c1[2H].[2H]c1c([2H])c([2H])c2c(-c3cccc4ccccc34)c3c([2H])c([2H])c([2H])c([2H])c3c(-c3ccc4oc5ccccc5c4c3)c2c1[2H].[2H]c1c([2H])c([2H])c2c([2H])c(-c3ccc4c(c3)oc3cccc(-c5c6c([2H])c([2H])c([2H])c([2H])c6c(-c6ccccc6)c6c([2H])c([2H])c([2H])c([2H])c56)c34)c([2H])c([2H])c2c1[2H]. The average Bonchev–Trinajstić information content (AvgIpc) is 0.860. The van der Waals surface area contributed by atoms with Crippen LogP contribution in [0.15, 0.2) is 443 Å². The molecule has 3 heterocycles. The van der Waals surface area contributed by atoms with Crippen molar-refractivity contribution >= 4 is 152 Å². The van der Waals surface area contributed by atoms with Gasteiger partial charge in [0.05, 0.1) is 49.3 Å². The van der Waals surface area contributed by atoms with Crippen LogP contribution in [0.2, 0.25) is 0 Å². The van der Waals surface area contributed by atoms with Crippen LogP contribution in [0.4, 0.5) is 4.39 Å². The lowest BCUT2D eigenvalue weighted by molar-refractivity contribution is 0.628. The zero-order chi connectivity index (χ0) is 111. The van der Waals surface area contributed by atoms with Crippen molar-refractivity contribution in [2.75, 3.05) is 0 Å². The molecule has 0 bridgehead atoms. The van der Waals surface area contributed by atoms with Gasteiger partial charge in [0.1, 0.15) is 39.3 Å². The number of rotatable bonds is 8. The molecule has 0 aliphatic rings. The van der Waals surface area contributed by atoms with Gasteiger partial charge in [-0.2, -0.15) is 0 Å². The fraction of sp³-hybridized carbons (Fsp3) is 0. The second kappa shape index (κ2) is 28.9. The van der Waals surface area contributed by atoms with Gasteiger partial charge < -0.3 is 13.3 Å². The normalized spacial score (nSPS) is 15.9. The summed E-state index contributed by atoms with van der Waals surface area (Å²) in [5.41, 5.74) is 6.86. The predicted octanol–water partition coefficient (Wildman–Crippen LogP) is 33.5. The van der Waals surface area contributed by atoms with Crippen molar-refractivity contribution < 1.29 is 67.0 Å². The molecule has 0 N–H and O–H groups in total. The molecular weight excluding hydrogens is 1460 g/mol. The van der Waals surface area contributed by atoms with Crippen LogP contribution in [-0.4, -0.2) is 0 Å². The van der Waals surface area contributed by atoms with Crippen LogP contribution in [0.25, 0.3) is 241 Å². The Bertz CT molecular complexity index is 10500. The first kappa shape index (κ1) is 42.2. The maximum absolute atomic E-state index is 14.0. The predicted molar refractivity (Wildman–Crippen MR) is 505 cm³/mol. The summed E-state index contributed by atoms with van der Waals surface area (Å²) in [5.74, 6) is -0.398. The first-order valence-corrected chi connectivity index (χ1v) is 38.0. The molecule has 0 unspecified atom stereocenters. The molecule has 0 radical (unpaired) electrons. The van der Waals surface area contributed by atoms with Crippen LogP contribution in [0.3, 0.4) is 0 Å². The van der Waals surface area contributed by atoms with Crippen molar-refractivity contribution in [3.05, 3.63) is 436 Å². The van der Waals surface area contributed by atoms with Crippen LogP contribution < -0.4 is 0 Å². The summed E-state index contributed by atoms with van der Waals surface area (Å²) < 4.78 is 349. The second-order valence-corrected chi connectivity index (χ2v) is 28.5. The summed E-state index contributed by atoms with van der Waals surface area (Å²) in [6.07, 6.45) is 0. The Morgan fingerprint density at radius 1 is 0.183 bits per heavy atom. The lowest BCUT2D eigenvalue weighted by Crippen LogP contribution is -1.91. The standard InChI is InChI=1S/C42H26O.C38H23FO.C36H22O/c1-2-12-28(13-3-1)40-32-15-6-8-17-34(32)41(35-18-9-7-16-33(35)40)37-19-10-20-38-42(37)36-24-23-31(26-39(36)43-38)30-22-21-27-11-4-5-14-29(27)25-30;39-28-12-8-11-25(21-28)26-17-19-29-34-22-27(18-20-35(34)40-36(29)23-26)38-32-15-6-4-13-30(32)37(24-9-2-1-3-10-24)31-14-5-7-16-33(31)38;1-2-12-25-23(10-1)11-9-18-27(25)36-30-16-5-3-14-28(30)35(29-15-4-6-17-31(29)36)24-20-21-34-32(22-24)26-13-7-8-19-33(26)37-34/h1-26H;1-23H;1-22H/i4D,5D,6D,7D,8D,9D,11D,14D,15D,16D,17D,18D,21D,22D,25D;1D,2D,3D,4D,5D,6D,7D,9D,10D,13D,14D,15D,16D;3D,4D,5D,6D,14D,15D,16D,17D. The van der Waals surface area contributed by atoms with E-state index < -0.39 is 187 Å². The molecule has 0 aliphatic heterocycles. The van der Waals surface area contributed by atoms with Gasteiger partial charge in [0.15, 0.2) is 0 Å². The number of para-hydroxylation sites is 1. The Balaban J connectivity index is 0.000000128. The Morgan fingerprint density at radius 3 is 1.16 bits per heavy atom. The minimum absolute atomic E-state index is 0.0257. The first-order valence-electron chi connectivity index (χ1n) is 56.0. The van der Waals surface area contributed by atoms with Crippen molar-refractivity contribution in [3.63, 3.8) is 0 Å². The first-order chi connectivity index (χ1) is 74.4. The van der Waals surface area contributed by atoms with E-state index in [9.17, 15) is 15.4 Å². The molecule has 25 rings (SSSR count). The van der Waals surface area contributed by atoms with E-state index in [1.165, 1.54) is 12.1 Å². The molecule has 0 spiro atoms. The van der Waals surface area contributed by atoms with Gasteiger partial charge in [0.2, 0.25) is 0 Å². The number of benzene rings is 22. The van der Waals surface area contributed by atoms with Gasteiger partial charge in [0, 0.05) is 32.3 Å². The number of furan rings is 3. The number of hydrogen-bond acceptors (Lipinski definition) is 3. The van der Waals surface area contributed by atoms with Gasteiger partial charge in [-0.1, -0.05) is 351 Å². The number of fused-ring (bicyclic) bond motifs is 17. The van der Waals surface area contributed by atoms with E-state index >= 15 is 0 Å². The van der Waals surface area contributed by atoms with Crippen LogP contribution >= 0.6 is 0 Å². The molecule has 0 fully saturated rings. The fourth-order valence-corrected chi connectivity index (χ4v) is 16.7. The summed E-state index contributed by atoms with van der Waals surface area (Å²) in [7, 11) is 0. The summed E-state index contributed by atoms with van der Waals surface area (Å²) in [6.45, 7) is 0. The van der Waals surface area contributed by atoms with Gasteiger partial charge in [-0.15, -0.1) is 0 Å². The Labute approximate surface area is 741 Å². The topological polar surface area (TPSA) is 39.4 Å². The molecule has 4 heteroatoms. The monoisotopic (exact) mass is 1570 g/mol. The van der Waals surface area contributed by atoms with Gasteiger partial charge in [-0.05, 0) is 254 Å². The maximum atomic E-state index is 14.0. The molecular formula is C116H71FO3. The summed E-state index contributed by atoms with van der Waals surface area (Å²) in [6, 6.07) is 42.6. The summed E-state index contributed by atoms with van der Waals surface area (Å²) in [5, 5.41) is 5.15. The van der Waals surface area contributed by atoms with Gasteiger partial charge in [-0.3, -0.25) is 0 Å². The zero-order valence-electron chi connectivity index (χ0n) is 98.3. The molecule has 0 saturated heterocycles. The highest BCUT2D eigenvalue weighted by Gasteiger charge is 2.25. The van der Waals surface area contributed by atoms with Gasteiger partial charge >= 0.3 is 0 Å². The van der Waals surface area contributed by atoms with Crippen molar-refractivity contribution in [1.29, 1.82) is 0 Å². The molecule has 0 atom stereocenters. The van der Waals surface area contributed by atoms with Crippen molar-refractivity contribution in [1.82, 2.24) is 0 Å². The van der Waals surface area contributed by atoms with E-state index in [2.05, 4.69) is 0 Å². The third kappa shape index (κ3) is 11.8. The van der Waals surface area contributed by atoms with E-state index in [0.717, 1.165) is 21.5 Å². The van der Waals surface area contributed by atoms with Crippen LogP contribution in [0.1, 0.15) is 49.3 Å². The Hall–Kier alpha value is -15.8. The smallest absolute Gasteiger partial charge is 0.136 e. The van der Waals surface area contributed by atoms with E-state index in [4.69, 9.17) is 51.6 Å². The lowest BCUT2D eigenvalue weighted by Gasteiger charge is -2.18. The van der Waals surface area contributed by atoms with Crippen molar-refractivity contribution in [3.8, 4) is 89.0 Å². The van der Waals surface area contributed by atoms with Crippen molar-refractivity contribution in [2.24, 2.45) is 0 Å². The molecule has 25 aromatic rings. The number of hydrogen-bond donors (Lipinski definition) is 0. The molecule has 3 aromatic heterocycles. The van der Waals surface area contributed by atoms with Gasteiger partial charge in [0.25, 0.3) is 0 Å². The highest BCUT2D eigenvalue weighted by atomic mass is 19.1. The van der Waals surface area contributed by atoms with E-state index in [1.807, 2.05) is 72.8 Å². The summed E-state index contributed by atoms with van der Waals surface area (Å²) in [4.78, 5) is 0. The van der Waals surface area contributed by atoms with E-state index in [1.54, 1.807) is 127 Å². The minimum Gasteiger partial charge on any atom is -0.456 e. The lowest BCUT2D eigenvalue weighted by atomic mass is 9.84. The molecule has 120 heavy (non-hydrogen) atoms. The largest absolute Gasteiger partial charge is 0.456 e. The highest BCUT2D eigenvalue weighted by Crippen LogP contribution is 2.51. The second-order valence-electron chi connectivity index (χ2n) is 28.5. The quantitative estimate of drug-likeness (QED) is 0.142. The number of halogens is 1. The minimum atomic E-state index is -0.731. The third-order valence-corrected chi connectivity index (χ3v) is 21.9. The molecule has 0 amide bonds. The zero-order valence-corrected chi connectivity index (χ0v) is 62.3. The molecule has 22 aromatic carbocycles. The molecule has 560 valence electrons. The fourth-order valence-electron chi connectivity index (χ4n) is 16.7. The van der Waals surface area contributed by atoms with Crippen LogP contribution in [0, 0.1) is 5.82 Å². The van der Waals surface area contributed by atoms with Crippen LogP contribution in [-0.2, 0) is 0 Å². The van der Waals surface area contributed by atoms with Crippen LogP contribution in [0.5, 0.6) is 0 Å². The average molecular weight is 1570 g/mol. The third-order valence-electron chi connectivity index (χ3n) is 21.9. The van der Waals surface area contributed by atoms with Gasteiger partial charge in [-0.25, -0.2) is 4.39 Å². The molecule has 0 saturated carbocycles. The molecule has 3 nitrogen and oxygen atoms in total. The highest BCUT2D eigenvalue weighted by molar-refractivity contribution is 6.28. The van der Waals surface area contributed by atoms with Crippen molar-refractivity contribution in [2.45, 2.75) is 0 Å². The van der Waals surface area contributed by atoms with E-state index in [0.29, 0.717) is 99.5 Å². The Morgan fingerprint density at radius 2 is 0.567 bits per heavy atom. The maximum Gasteiger partial charge on any atom is 0.136 e.